The van der Waals surface area contributed by atoms with Crippen LogP contribution in [0.4, 0.5) is 0 Å². The molecule has 3 rings (SSSR count). The number of nitrogens with one attached hydrogen (secondary N) is 1. The monoisotopic (exact) mass is 425 g/mol. The molecule has 4 nitrogen and oxygen atoms in total. The SMILES string of the molecule is C=C/C=C\C(=C/N(C)C)c1ccc(C2(CN3CCSC(C)(CO)CC3=N)CC2)cc1. The van der Waals surface area contributed by atoms with Crippen LogP contribution in [0.25, 0.3) is 5.57 Å². The van der Waals surface area contributed by atoms with Gasteiger partial charge >= 0.3 is 0 Å². The van der Waals surface area contributed by atoms with Crippen LogP contribution in [0.2, 0.25) is 0 Å². The minimum atomic E-state index is -0.224. The summed E-state index contributed by atoms with van der Waals surface area (Å²) in [6.45, 7) is 7.77. The molecule has 162 valence electrons. The molecular formula is C25H35N3OS. The Bertz CT molecular complexity index is 823. The highest BCUT2D eigenvalue weighted by Gasteiger charge is 2.46. The number of aliphatic hydroxyl groups is 1. The van der Waals surface area contributed by atoms with Gasteiger partial charge in [-0.25, -0.2) is 0 Å². The lowest BCUT2D eigenvalue weighted by Gasteiger charge is -2.30. The summed E-state index contributed by atoms with van der Waals surface area (Å²) in [5, 5.41) is 18.3. The van der Waals surface area contributed by atoms with E-state index < -0.39 is 0 Å². The van der Waals surface area contributed by atoms with Crippen LogP contribution in [0.5, 0.6) is 0 Å². The molecule has 0 amide bonds. The van der Waals surface area contributed by atoms with Crippen molar-refractivity contribution in [3.8, 4) is 0 Å². The van der Waals surface area contributed by atoms with E-state index in [0.29, 0.717) is 12.3 Å². The minimum Gasteiger partial charge on any atom is -0.395 e. The van der Waals surface area contributed by atoms with Crippen LogP contribution in [-0.2, 0) is 5.41 Å². The summed E-state index contributed by atoms with van der Waals surface area (Å²) in [6, 6.07) is 8.96. The van der Waals surface area contributed by atoms with Crippen LogP contribution in [0, 0.1) is 5.41 Å². The summed E-state index contributed by atoms with van der Waals surface area (Å²) in [4.78, 5) is 4.31. The van der Waals surface area contributed by atoms with Crippen LogP contribution >= 0.6 is 11.8 Å². The normalized spacial score (nSPS) is 24.1. The predicted molar refractivity (Wildman–Crippen MR) is 130 cm³/mol. The van der Waals surface area contributed by atoms with E-state index >= 15 is 0 Å². The first kappa shape index (κ1) is 22.7. The Morgan fingerprint density at radius 1 is 1.30 bits per heavy atom. The molecule has 1 saturated heterocycles. The third-order valence-corrected chi connectivity index (χ3v) is 7.41. The van der Waals surface area contributed by atoms with Gasteiger partial charge in [-0.15, -0.1) is 0 Å². The van der Waals surface area contributed by atoms with Crippen LogP contribution in [-0.4, -0.2) is 65.0 Å². The number of benzene rings is 1. The topological polar surface area (TPSA) is 50.6 Å². The molecule has 1 aliphatic heterocycles. The minimum absolute atomic E-state index is 0.129. The van der Waals surface area contributed by atoms with E-state index in [1.165, 1.54) is 24.0 Å². The fourth-order valence-electron chi connectivity index (χ4n) is 4.06. The smallest absolute Gasteiger partial charge is 0.0973 e. The van der Waals surface area contributed by atoms with Gasteiger partial charge in [0.25, 0.3) is 0 Å². The van der Waals surface area contributed by atoms with Crippen LogP contribution in [0.3, 0.4) is 0 Å². The maximum absolute atomic E-state index is 9.73. The van der Waals surface area contributed by atoms with Crippen molar-refractivity contribution < 1.29 is 5.11 Å². The van der Waals surface area contributed by atoms with Crippen molar-refractivity contribution in [1.82, 2.24) is 9.80 Å². The number of amidine groups is 1. The van der Waals surface area contributed by atoms with Crippen LogP contribution in [0.15, 0.2) is 55.3 Å². The molecule has 0 bridgehead atoms. The predicted octanol–water partition coefficient (Wildman–Crippen LogP) is 4.53. The molecule has 0 radical (unpaired) electrons. The molecule has 1 aromatic rings. The van der Waals surface area contributed by atoms with E-state index in [0.717, 1.165) is 24.4 Å². The van der Waals surface area contributed by atoms with Gasteiger partial charge in [0.1, 0.15) is 0 Å². The third kappa shape index (κ3) is 5.38. The van der Waals surface area contributed by atoms with Crippen molar-refractivity contribution in [1.29, 1.82) is 5.41 Å². The Kier molecular flexibility index (Phi) is 7.14. The Hall–Kier alpha value is -1.98. The van der Waals surface area contributed by atoms with Gasteiger partial charge in [0.05, 0.1) is 12.4 Å². The molecule has 1 aliphatic carbocycles. The molecule has 0 spiro atoms. The molecule has 2 N–H and O–H groups in total. The van der Waals surface area contributed by atoms with Crippen molar-refractivity contribution in [3.63, 3.8) is 0 Å². The van der Waals surface area contributed by atoms with Gasteiger partial charge in [-0.3, -0.25) is 5.41 Å². The Balaban J connectivity index is 1.75. The molecule has 1 aromatic carbocycles. The van der Waals surface area contributed by atoms with E-state index in [2.05, 4.69) is 59.8 Å². The van der Waals surface area contributed by atoms with Gasteiger partial charge in [-0.2, -0.15) is 11.8 Å². The first-order valence-corrected chi connectivity index (χ1v) is 11.6. The van der Waals surface area contributed by atoms with Crippen molar-refractivity contribution in [2.75, 3.05) is 39.5 Å². The number of hydrogen-bond acceptors (Lipinski definition) is 4. The standard InChI is InChI=1S/C25H35N3OS/c1-5-6-7-21(17-27(3)4)20-8-10-22(11-9-20)25(12-13-25)18-28-14-15-30-24(2,19-29)16-23(28)26/h5-11,17,26,29H,1,12-16,18-19H2,2-4H3/b7-6-,21-17+,26-23?. The average Bonchev–Trinajstić information content (AvgIpc) is 3.52. The fourth-order valence-corrected chi connectivity index (χ4v) is 5.20. The highest BCUT2D eigenvalue weighted by atomic mass is 32.2. The molecule has 1 saturated carbocycles. The van der Waals surface area contributed by atoms with Crippen molar-refractivity contribution >= 4 is 23.2 Å². The van der Waals surface area contributed by atoms with Gasteiger partial charge in [0.2, 0.25) is 0 Å². The zero-order valence-electron chi connectivity index (χ0n) is 18.5. The largest absolute Gasteiger partial charge is 0.395 e. The number of hydrogen-bond donors (Lipinski definition) is 2. The zero-order chi connectivity index (χ0) is 21.8. The van der Waals surface area contributed by atoms with Gasteiger partial charge < -0.3 is 14.9 Å². The molecule has 30 heavy (non-hydrogen) atoms. The lowest BCUT2D eigenvalue weighted by molar-refractivity contribution is 0.257. The van der Waals surface area contributed by atoms with E-state index in [-0.39, 0.29) is 16.8 Å². The number of thioether (sulfide) groups is 1. The summed E-state index contributed by atoms with van der Waals surface area (Å²) in [5.74, 6) is 1.63. The second-order valence-electron chi connectivity index (χ2n) is 9.00. The van der Waals surface area contributed by atoms with Gasteiger partial charge in [-0.1, -0.05) is 49.1 Å². The maximum atomic E-state index is 9.73. The van der Waals surface area contributed by atoms with Crippen LogP contribution in [0.1, 0.15) is 37.3 Å². The van der Waals surface area contributed by atoms with Crippen molar-refractivity contribution in [2.45, 2.75) is 36.3 Å². The van der Waals surface area contributed by atoms with E-state index in [9.17, 15) is 5.11 Å². The number of rotatable bonds is 8. The highest BCUT2D eigenvalue weighted by Crippen LogP contribution is 2.49. The summed E-state index contributed by atoms with van der Waals surface area (Å²) in [6.07, 6.45) is 11.0. The molecule has 1 heterocycles. The quantitative estimate of drug-likeness (QED) is 0.601. The summed E-state index contributed by atoms with van der Waals surface area (Å²) < 4.78 is -0.224. The molecule has 1 unspecified atom stereocenters. The number of nitrogens with zero attached hydrogens (tertiary/aromatic N) is 2. The number of allylic oxidation sites excluding steroid dienone is 4. The first-order valence-electron chi connectivity index (χ1n) is 10.7. The van der Waals surface area contributed by atoms with Crippen LogP contribution < -0.4 is 0 Å². The summed E-state index contributed by atoms with van der Waals surface area (Å²) in [5.41, 5.74) is 3.89. The fraction of sp³-hybridized carbons (Fsp3) is 0.480. The van der Waals surface area contributed by atoms with E-state index in [1.54, 1.807) is 17.8 Å². The second kappa shape index (κ2) is 9.44. The van der Waals surface area contributed by atoms with Gasteiger partial charge in [0.15, 0.2) is 0 Å². The number of aliphatic hydroxyl groups excluding tert-OH is 1. The van der Waals surface area contributed by atoms with Crippen molar-refractivity contribution in [2.24, 2.45) is 0 Å². The summed E-state index contributed by atoms with van der Waals surface area (Å²) in [7, 11) is 4.07. The zero-order valence-corrected chi connectivity index (χ0v) is 19.3. The Labute approximate surface area is 185 Å². The molecule has 2 fully saturated rings. The van der Waals surface area contributed by atoms with Gasteiger partial charge in [-0.05, 0) is 36.5 Å². The maximum Gasteiger partial charge on any atom is 0.0973 e. The lowest BCUT2D eigenvalue weighted by atomic mass is 9.92. The molecule has 5 heteroatoms. The Morgan fingerprint density at radius 2 is 2.00 bits per heavy atom. The summed E-state index contributed by atoms with van der Waals surface area (Å²) >= 11 is 1.80. The molecule has 1 atom stereocenters. The average molecular weight is 426 g/mol. The first-order chi connectivity index (χ1) is 14.3. The van der Waals surface area contributed by atoms with Gasteiger partial charge in [0, 0.05) is 55.7 Å². The third-order valence-electron chi connectivity index (χ3n) is 6.06. The van der Waals surface area contributed by atoms with E-state index in [4.69, 9.17) is 5.41 Å². The second-order valence-corrected chi connectivity index (χ2v) is 10.7. The molecular weight excluding hydrogens is 390 g/mol. The molecule has 0 aromatic heterocycles. The Morgan fingerprint density at radius 3 is 2.57 bits per heavy atom. The molecule has 2 aliphatic rings. The van der Waals surface area contributed by atoms with Crippen molar-refractivity contribution in [3.05, 3.63) is 66.4 Å². The lowest BCUT2D eigenvalue weighted by Crippen LogP contribution is -2.39. The highest BCUT2D eigenvalue weighted by molar-refractivity contribution is 8.00. The van der Waals surface area contributed by atoms with E-state index in [1.807, 2.05) is 20.2 Å².